The molecule has 128 valence electrons. The molecule has 0 radical (unpaired) electrons. The van der Waals surface area contributed by atoms with Gasteiger partial charge in [0, 0.05) is 23.9 Å². The minimum Gasteiger partial charge on any atom is -0.396 e. The first-order valence-electron chi connectivity index (χ1n) is 8.70. The Balaban J connectivity index is 1.89. The fraction of sp³-hybridized carbons (Fsp3) is 0.474. The molecule has 0 saturated heterocycles. The van der Waals surface area contributed by atoms with E-state index in [2.05, 4.69) is 23.4 Å². The summed E-state index contributed by atoms with van der Waals surface area (Å²) in [6, 6.07) is 8.16. The van der Waals surface area contributed by atoms with Crippen molar-refractivity contribution in [3.05, 3.63) is 46.8 Å². The number of nitrogens with one attached hydrogen (secondary N) is 1. The third-order valence-electron chi connectivity index (χ3n) is 4.66. The lowest BCUT2D eigenvalue weighted by molar-refractivity contribution is 0.0930. The molecule has 1 heterocycles. The van der Waals surface area contributed by atoms with E-state index in [1.165, 1.54) is 0 Å². The number of nitrogens with zero attached hydrogens (tertiary/aromatic N) is 2. The molecule has 1 aliphatic rings. The maximum atomic E-state index is 12.7. The number of hydrogen-bond acceptors (Lipinski definition) is 3. The van der Waals surface area contributed by atoms with Gasteiger partial charge in [0.05, 0.1) is 5.69 Å². The van der Waals surface area contributed by atoms with Gasteiger partial charge >= 0.3 is 0 Å². The molecule has 1 amide bonds. The van der Waals surface area contributed by atoms with E-state index in [1.54, 1.807) is 0 Å². The number of aliphatic hydroxyl groups excluding tert-OH is 1. The van der Waals surface area contributed by atoms with Crippen molar-refractivity contribution >= 4 is 5.91 Å². The summed E-state index contributed by atoms with van der Waals surface area (Å²) in [5, 5.41) is 16.6. The number of carbonyl (C=O) groups is 1. The summed E-state index contributed by atoms with van der Waals surface area (Å²) in [4.78, 5) is 12.7. The summed E-state index contributed by atoms with van der Waals surface area (Å²) < 4.78 is 1.95. The molecule has 5 nitrogen and oxygen atoms in total. The van der Waals surface area contributed by atoms with E-state index in [0.717, 1.165) is 48.2 Å². The van der Waals surface area contributed by atoms with Gasteiger partial charge in [-0.25, -0.2) is 4.68 Å². The fourth-order valence-corrected chi connectivity index (χ4v) is 3.38. The Morgan fingerprint density at radius 3 is 2.92 bits per heavy atom. The largest absolute Gasteiger partial charge is 0.396 e. The number of para-hydroxylation sites is 1. The van der Waals surface area contributed by atoms with Crippen LogP contribution >= 0.6 is 0 Å². The SMILES string of the molecule is Cc1ccccc1-n1nc(C(=O)NC(C)CCCO)c2c1CCC2. The summed E-state index contributed by atoms with van der Waals surface area (Å²) in [6.45, 7) is 4.18. The maximum absolute atomic E-state index is 12.7. The number of carbonyl (C=O) groups excluding carboxylic acids is 1. The normalized spacial score (nSPS) is 14.5. The van der Waals surface area contributed by atoms with E-state index in [0.29, 0.717) is 12.1 Å². The van der Waals surface area contributed by atoms with E-state index in [-0.39, 0.29) is 18.6 Å². The minimum atomic E-state index is -0.106. The van der Waals surface area contributed by atoms with E-state index in [4.69, 9.17) is 5.11 Å². The summed E-state index contributed by atoms with van der Waals surface area (Å²) in [5.41, 5.74) is 5.00. The highest BCUT2D eigenvalue weighted by Crippen LogP contribution is 2.28. The molecule has 1 unspecified atom stereocenters. The maximum Gasteiger partial charge on any atom is 0.272 e. The standard InChI is InChI=1S/C19H25N3O2/c1-13-7-3-4-10-16(13)22-17-11-5-9-15(17)18(21-22)19(24)20-14(2)8-6-12-23/h3-4,7,10,14,23H,5-6,8-9,11-12H2,1-2H3,(H,20,24). The highest BCUT2D eigenvalue weighted by atomic mass is 16.3. The summed E-state index contributed by atoms with van der Waals surface area (Å²) in [6.07, 6.45) is 4.40. The van der Waals surface area contributed by atoms with E-state index in [1.807, 2.05) is 29.8 Å². The molecule has 2 N–H and O–H groups in total. The zero-order valence-electron chi connectivity index (χ0n) is 14.4. The van der Waals surface area contributed by atoms with Gasteiger partial charge in [-0.15, -0.1) is 0 Å². The first kappa shape index (κ1) is 16.7. The number of aliphatic hydroxyl groups is 1. The zero-order chi connectivity index (χ0) is 17.1. The average Bonchev–Trinajstić information content (AvgIpc) is 3.16. The van der Waals surface area contributed by atoms with Crippen molar-refractivity contribution in [2.75, 3.05) is 6.61 Å². The zero-order valence-corrected chi connectivity index (χ0v) is 14.4. The third-order valence-corrected chi connectivity index (χ3v) is 4.66. The van der Waals surface area contributed by atoms with Crippen LogP contribution in [0.2, 0.25) is 0 Å². The monoisotopic (exact) mass is 327 g/mol. The number of fused-ring (bicyclic) bond motifs is 1. The quantitative estimate of drug-likeness (QED) is 0.857. The Kier molecular flexibility index (Phi) is 5.00. The van der Waals surface area contributed by atoms with Gasteiger partial charge in [0.2, 0.25) is 0 Å². The van der Waals surface area contributed by atoms with Gasteiger partial charge in [-0.1, -0.05) is 18.2 Å². The highest BCUT2D eigenvalue weighted by Gasteiger charge is 2.27. The topological polar surface area (TPSA) is 67.2 Å². The number of aryl methyl sites for hydroxylation is 1. The van der Waals surface area contributed by atoms with Crippen molar-refractivity contribution in [3.63, 3.8) is 0 Å². The molecular formula is C19H25N3O2. The van der Waals surface area contributed by atoms with Gasteiger partial charge in [0.25, 0.3) is 5.91 Å². The van der Waals surface area contributed by atoms with Gasteiger partial charge < -0.3 is 10.4 Å². The molecule has 2 aromatic rings. The molecule has 1 aromatic carbocycles. The van der Waals surface area contributed by atoms with Crippen molar-refractivity contribution in [1.82, 2.24) is 15.1 Å². The summed E-state index contributed by atoms with van der Waals surface area (Å²) >= 11 is 0. The van der Waals surface area contributed by atoms with Gasteiger partial charge in [-0.3, -0.25) is 4.79 Å². The summed E-state index contributed by atoms with van der Waals surface area (Å²) in [7, 11) is 0. The molecule has 0 spiro atoms. The van der Waals surface area contributed by atoms with Gasteiger partial charge in [0.15, 0.2) is 5.69 Å². The van der Waals surface area contributed by atoms with E-state index < -0.39 is 0 Å². The van der Waals surface area contributed by atoms with Crippen LogP contribution in [0, 0.1) is 6.92 Å². The van der Waals surface area contributed by atoms with Gasteiger partial charge in [-0.05, 0) is 57.6 Å². The van der Waals surface area contributed by atoms with Gasteiger partial charge in [0.1, 0.15) is 0 Å². The van der Waals surface area contributed by atoms with Crippen molar-refractivity contribution in [1.29, 1.82) is 0 Å². The Morgan fingerprint density at radius 2 is 2.17 bits per heavy atom. The number of amides is 1. The molecular weight excluding hydrogens is 302 g/mol. The van der Waals surface area contributed by atoms with Crippen LogP contribution in [0.5, 0.6) is 0 Å². The first-order valence-corrected chi connectivity index (χ1v) is 8.70. The predicted octanol–water partition coefficient (Wildman–Crippen LogP) is 2.56. The minimum absolute atomic E-state index is 0.0327. The number of hydrogen-bond donors (Lipinski definition) is 2. The second-order valence-corrected chi connectivity index (χ2v) is 6.57. The highest BCUT2D eigenvalue weighted by molar-refractivity contribution is 5.94. The predicted molar refractivity (Wildman–Crippen MR) is 93.6 cm³/mol. The molecule has 3 rings (SSSR count). The number of aromatic nitrogens is 2. The van der Waals surface area contributed by atoms with Gasteiger partial charge in [-0.2, -0.15) is 5.10 Å². The molecule has 1 aliphatic carbocycles. The second kappa shape index (κ2) is 7.18. The Labute approximate surface area is 142 Å². The first-order chi connectivity index (χ1) is 11.6. The molecule has 1 aromatic heterocycles. The lowest BCUT2D eigenvalue weighted by Gasteiger charge is -2.12. The summed E-state index contributed by atoms with van der Waals surface area (Å²) in [5.74, 6) is -0.106. The molecule has 0 bridgehead atoms. The van der Waals surface area contributed by atoms with Crippen LogP contribution in [0.15, 0.2) is 24.3 Å². The van der Waals surface area contributed by atoms with Crippen LogP contribution in [0.1, 0.15) is 53.5 Å². The molecule has 5 heteroatoms. The Morgan fingerprint density at radius 1 is 1.38 bits per heavy atom. The van der Waals surface area contributed by atoms with Crippen molar-refractivity contribution in [2.45, 2.75) is 52.0 Å². The number of rotatable bonds is 6. The van der Waals surface area contributed by atoms with Crippen molar-refractivity contribution in [2.24, 2.45) is 0 Å². The van der Waals surface area contributed by atoms with Crippen LogP contribution < -0.4 is 5.32 Å². The molecule has 1 atom stereocenters. The van der Waals surface area contributed by atoms with Crippen LogP contribution in [0.4, 0.5) is 0 Å². The Hall–Kier alpha value is -2.14. The molecule has 24 heavy (non-hydrogen) atoms. The average molecular weight is 327 g/mol. The fourth-order valence-electron chi connectivity index (χ4n) is 3.38. The van der Waals surface area contributed by atoms with Crippen LogP contribution in [-0.4, -0.2) is 33.4 Å². The lowest BCUT2D eigenvalue weighted by atomic mass is 10.1. The van der Waals surface area contributed by atoms with Crippen molar-refractivity contribution in [3.8, 4) is 5.69 Å². The molecule has 0 saturated carbocycles. The van der Waals surface area contributed by atoms with Crippen LogP contribution in [0.25, 0.3) is 5.69 Å². The number of benzene rings is 1. The second-order valence-electron chi connectivity index (χ2n) is 6.57. The van der Waals surface area contributed by atoms with Crippen LogP contribution in [0.3, 0.4) is 0 Å². The van der Waals surface area contributed by atoms with E-state index >= 15 is 0 Å². The third kappa shape index (κ3) is 3.22. The molecule has 0 fully saturated rings. The lowest BCUT2D eigenvalue weighted by Crippen LogP contribution is -2.33. The van der Waals surface area contributed by atoms with Crippen molar-refractivity contribution < 1.29 is 9.90 Å². The van der Waals surface area contributed by atoms with Crippen LogP contribution in [-0.2, 0) is 12.8 Å². The Bertz CT molecular complexity index is 736. The van der Waals surface area contributed by atoms with E-state index in [9.17, 15) is 4.79 Å². The molecule has 0 aliphatic heterocycles. The smallest absolute Gasteiger partial charge is 0.272 e.